The molecule has 0 saturated carbocycles. The summed E-state index contributed by atoms with van der Waals surface area (Å²) in [5, 5.41) is 4.05. The summed E-state index contributed by atoms with van der Waals surface area (Å²) in [5.41, 5.74) is 3.54. The molecule has 1 saturated heterocycles. The third kappa shape index (κ3) is 4.25. The van der Waals surface area contributed by atoms with Crippen LogP contribution >= 0.6 is 11.5 Å². The molecule has 0 radical (unpaired) electrons. The molecule has 0 bridgehead atoms. The van der Waals surface area contributed by atoms with E-state index < -0.39 is 0 Å². The Morgan fingerprint density at radius 1 is 1.16 bits per heavy atom. The minimum absolute atomic E-state index is 0.0905. The lowest BCUT2D eigenvalue weighted by atomic mass is 10.0. The predicted octanol–water partition coefficient (Wildman–Crippen LogP) is 3.18. The van der Waals surface area contributed by atoms with Crippen molar-refractivity contribution >= 4 is 17.4 Å². The average molecular weight is 359 g/mol. The van der Waals surface area contributed by atoms with Crippen molar-refractivity contribution in [1.29, 1.82) is 0 Å². The van der Waals surface area contributed by atoms with E-state index in [1.807, 2.05) is 11.8 Å². The van der Waals surface area contributed by atoms with Gasteiger partial charge in [-0.05, 0) is 35.0 Å². The van der Waals surface area contributed by atoms with Crippen LogP contribution in [0.25, 0.3) is 0 Å². The number of hydrogen-bond donors (Lipinski definition) is 0. The van der Waals surface area contributed by atoms with Crippen molar-refractivity contribution in [3.63, 3.8) is 0 Å². The molecule has 1 aliphatic rings. The van der Waals surface area contributed by atoms with E-state index in [-0.39, 0.29) is 5.91 Å². The fraction of sp³-hybridized carbons (Fsp3) is 0.526. The molecule has 1 aliphatic heterocycles. The van der Waals surface area contributed by atoms with Crippen molar-refractivity contribution in [2.75, 3.05) is 26.2 Å². The summed E-state index contributed by atoms with van der Waals surface area (Å²) < 4.78 is 3.93. The summed E-state index contributed by atoms with van der Waals surface area (Å²) in [5.74, 6) is 0.658. The Morgan fingerprint density at radius 2 is 1.84 bits per heavy atom. The van der Waals surface area contributed by atoms with Crippen LogP contribution in [0.15, 0.2) is 24.3 Å². The van der Waals surface area contributed by atoms with Crippen molar-refractivity contribution < 1.29 is 4.79 Å². The van der Waals surface area contributed by atoms with Crippen LogP contribution in [0, 0.1) is 0 Å². The number of nitrogens with zero attached hydrogens (tertiary/aromatic N) is 4. The van der Waals surface area contributed by atoms with Crippen LogP contribution in [0.2, 0.25) is 0 Å². The normalized spacial score (nSPS) is 15.8. The van der Waals surface area contributed by atoms with E-state index in [1.54, 1.807) is 0 Å². The molecule has 5 nitrogen and oxygen atoms in total. The SMILES string of the molecule is CCc1nnsc1C(=O)N1CCN(Cc2ccc(C(C)C)cc2)CC1. The Morgan fingerprint density at radius 3 is 2.44 bits per heavy atom. The summed E-state index contributed by atoms with van der Waals surface area (Å²) in [4.78, 5) is 17.7. The van der Waals surface area contributed by atoms with Gasteiger partial charge in [0.25, 0.3) is 5.91 Å². The largest absolute Gasteiger partial charge is 0.335 e. The molecule has 0 N–H and O–H groups in total. The topological polar surface area (TPSA) is 49.3 Å². The maximum atomic E-state index is 12.6. The van der Waals surface area contributed by atoms with Gasteiger partial charge in [0.15, 0.2) is 0 Å². The van der Waals surface area contributed by atoms with E-state index in [0.717, 1.165) is 44.8 Å². The highest BCUT2D eigenvalue weighted by molar-refractivity contribution is 7.08. The van der Waals surface area contributed by atoms with Crippen LogP contribution in [0.3, 0.4) is 0 Å². The second kappa shape index (κ2) is 8.06. The third-order valence-electron chi connectivity index (χ3n) is 4.80. The molecule has 1 aromatic carbocycles. The number of aryl methyl sites for hydroxylation is 1. The Labute approximate surface area is 153 Å². The first-order valence-electron chi connectivity index (χ1n) is 9.00. The minimum Gasteiger partial charge on any atom is -0.335 e. The highest BCUT2D eigenvalue weighted by Gasteiger charge is 2.25. The van der Waals surface area contributed by atoms with Gasteiger partial charge in [-0.1, -0.05) is 49.5 Å². The predicted molar refractivity (Wildman–Crippen MR) is 101 cm³/mol. The maximum absolute atomic E-state index is 12.6. The first-order valence-corrected chi connectivity index (χ1v) is 9.77. The molecule has 1 fully saturated rings. The quantitative estimate of drug-likeness (QED) is 0.824. The molecule has 2 aromatic rings. The molecular weight excluding hydrogens is 332 g/mol. The fourth-order valence-electron chi connectivity index (χ4n) is 3.12. The zero-order valence-corrected chi connectivity index (χ0v) is 16.1. The monoisotopic (exact) mass is 358 g/mol. The van der Waals surface area contributed by atoms with Crippen molar-refractivity contribution in [2.24, 2.45) is 0 Å². The Hall–Kier alpha value is -1.79. The smallest absolute Gasteiger partial charge is 0.267 e. The third-order valence-corrected chi connectivity index (χ3v) is 5.55. The van der Waals surface area contributed by atoms with Crippen molar-refractivity contribution in [3.05, 3.63) is 46.0 Å². The summed E-state index contributed by atoms with van der Waals surface area (Å²) in [6.45, 7) is 10.7. The van der Waals surface area contributed by atoms with Crippen LogP contribution < -0.4 is 0 Å². The van der Waals surface area contributed by atoms with Crippen molar-refractivity contribution in [1.82, 2.24) is 19.4 Å². The molecule has 0 aliphatic carbocycles. The first kappa shape index (κ1) is 18.0. The molecule has 2 heterocycles. The second-order valence-electron chi connectivity index (χ2n) is 6.87. The molecular formula is C19H26N4OS. The van der Waals surface area contributed by atoms with Gasteiger partial charge in [-0.25, -0.2) is 0 Å². The fourth-order valence-corrected chi connectivity index (χ4v) is 3.84. The lowest BCUT2D eigenvalue weighted by Crippen LogP contribution is -2.48. The Kier molecular flexibility index (Phi) is 5.81. The van der Waals surface area contributed by atoms with Crippen LogP contribution in [0.1, 0.15) is 53.2 Å². The Balaban J connectivity index is 1.54. The molecule has 3 rings (SSSR count). The molecule has 134 valence electrons. The number of hydrogen-bond acceptors (Lipinski definition) is 5. The average Bonchev–Trinajstić information content (AvgIpc) is 3.11. The molecule has 0 atom stereocenters. The Bertz CT molecular complexity index is 702. The highest BCUT2D eigenvalue weighted by Crippen LogP contribution is 2.18. The standard InChI is InChI=1S/C19H26N4OS/c1-4-17-18(25-21-20-17)19(24)23-11-9-22(10-12-23)13-15-5-7-16(8-6-15)14(2)3/h5-8,14H,4,9-13H2,1-3H3. The van der Waals surface area contributed by atoms with Gasteiger partial charge in [0.1, 0.15) is 4.88 Å². The molecule has 0 unspecified atom stereocenters. The van der Waals surface area contributed by atoms with Gasteiger partial charge >= 0.3 is 0 Å². The van der Waals surface area contributed by atoms with Crippen LogP contribution in [0.5, 0.6) is 0 Å². The van der Waals surface area contributed by atoms with Gasteiger partial charge in [0, 0.05) is 32.7 Å². The number of rotatable bonds is 5. The summed E-state index contributed by atoms with van der Waals surface area (Å²) in [6, 6.07) is 8.90. The number of piperazine rings is 1. The van der Waals surface area contributed by atoms with E-state index in [1.165, 1.54) is 22.7 Å². The number of amides is 1. The lowest BCUT2D eigenvalue weighted by Gasteiger charge is -2.34. The van der Waals surface area contributed by atoms with Gasteiger partial charge in [0.05, 0.1) is 5.69 Å². The van der Waals surface area contributed by atoms with E-state index in [2.05, 4.69) is 52.6 Å². The number of benzene rings is 1. The van der Waals surface area contributed by atoms with E-state index >= 15 is 0 Å². The van der Waals surface area contributed by atoms with E-state index in [4.69, 9.17) is 0 Å². The minimum atomic E-state index is 0.0905. The first-order chi connectivity index (χ1) is 12.1. The van der Waals surface area contributed by atoms with E-state index in [0.29, 0.717) is 10.8 Å². The van der Waals surface area contributed by atoms with Crippen molar-refractivity contribution in [3.8, 4) is 0 Å². The molecule has 6 heteroatoms. The second-order valence-corrected chi connectivity index (χ2v) is 7.62. The zero-order chi connectivity index (χ0) is 17.8. The number of carbonyl (C=O) groups is 1. The van der Waals surface area contributed by atoms with E-state index in [9.17, 15) is 4.79 Å². The number of carbonyl (C=O) groups excluding carboxylic acids is 1. The molecule has 0 spiro atoms. The van der Waals surface area contributed by atoms with Gasteiger partial charge in [0.2, 0.25) is 0 Å². The van der Waals surface area contributed by atoms with Crippen LogP contribution in [0.4, 0.5) is 0 Å². The van der Waals surface area contributed by atoms with Crippen LogP contribution in [-0.2, 0) is 13.0 Å². The molecule has 1 aromatic heterocycles. The maximum Gasteiger partial charge on any atom is 0.267 e. The lowest BCUT2D eigenvalue weighted by molar-refractivity contribution is 0.0632. The molecule has 1 amide bonds. The zero-order valence-electron chi connectivity index (χ0n) is 15.2. The summed E-state index contributed by atoms with van der Waals surface area (Å²) in [6.07, 6.45) is 0.754. The summed E-state index contributed by atoms with van der Waals surface area (Å²) >= 11 is 1.22. The summed E-state index contributed by atoms with van der Waals surface area (Å²) in [7, 11) is 0. The van der Waals surface area contributed by atoms with Gasteiger partial charge in [-0.15, -0.1) is 5.10 Å². The van der Waals surface area contributed by atoms with Crippen LogP contribution in [-0.4, -0.2) is 51.5 Å². The van der Waals surface area contributed by atoms with Gasteiger partial charge in [-0.3, -0.25) is 9.69 Å². The van der Waals surface area contributed by atoms with Gasteiger partial charge in [-0.2, -0.15) is 0 Å². The molecule has 25 heavy (non-hydrogen) atoms. The van der Waals surface area contributed by atoms with Crippen molar-refractivity contribution in [2.45, 2.75) is 39.7 Å². The highest BCUT2D eigenvalue weighted by atomic mass is 32.1. The van der Waals surface area contributed by atoms with Gasteiger partial charge < -0.3 is 4.90 Å². The number of aromatic nitrogens is 2.